The van der Waals surface area contributed by atoms with Gasteiger partial charge in [0.2, 0.25) is 0 Å². The van der Waals surface area contributed by atoms with E-state index in [4.69, 9.17) is 0 Å². The summed E-state index contributed by atoms with van der Waals surface area (Å²) in [4.78, 5) is 47.5. The molecule has 0 N–H and O–H groups in total. The van der Waals surface area contributed by atoms with Crippen molar-refractivity contribution >= 4 is 33.5 Å². The first-order valence-electron chi connectivity index (χ1n) is 6.57. The van der Waals surface area contributed by atoms with Crippen molar-refractivity contribution in [3.05, 3.63) is 31.3 Å². The Labute approximate surface area is 126 Å². The van der Waals surface area contributed by atoms with Gasteiger partial charge < -0.3 is 19.8 Å². The Bertz CT molecular complexity index is 919. The summed E-state index contributed by atoms with van der Waals surface area (Å²) in [6, 6.07) is 0. The molecule has 3 rings (SSSR count). The van der Waals surface area contributed by atoms with Gasteiger partial charge in [-0.05, 0) is 24.8 Å². The Morgan fingerprint density at radius 3 is 2.32 bits per heavy atom. The molecule has 0 aromatic carbocycles. The highest BCUT2D eigenvalue weighted by molar-refractivity contribution is 7.18. The Morgan fingerprint density at radius 1 is 1.05 bits per heavy atom. The summed E-state index contributed by atoms with van der Waals surface area (Å²) in [5.74, 6) is -3.08. The third-order valence-electron chi connectivity index (χ3n) is 3.64. The number of carboxylic acids is 2. The zero-order valence-electron chi connectivity index (χ0n) is 11.3. The number of hydrogen-bond donors (Lipinski definition) is 0. The van der Waals surface area contributed by atoms with E-state index in [0.717, 1.165) is 27.8 Å². The number of fused-ring (bicyclic) bond motifs is 3. The van der Waals surface area contributed by atoms with Crippen LogP contribution in [0.1, 0.15) is 16.9 Å². The van der Waals surface area contributed by atoms with Crippen LogP contribution in [0.4, 0.5) is 0 Å². The van der Waals surface area contributed by atoms with Gasteiger partial charge in [-0.3, -0.25) is 13.9 Å². The minimum absolute atomic E-state index is 0.236. The van der Waals surface area contributed by atoms with Gasteiger partial charge in [-0.25, -0.2) is 4.79 Å². The molecule has 2 aromatic heterocycles. The molecule has 0 amide bonds. The van der Waals surface area contributed by atoms with Crippen LogP contribution in [0.5, 0.6) is 0 Å². The summed E-state index contributed by atoms with van der Waals surface area (Å²) in [6.45, 7) is -1.65. The number of aromatic nitrogens is 2. The Morgan fingerprint density at radius 2 is 1.68 bits per heavy atom. The average molecular weight is 322 g/mol. The molecule has 116 valence electrons. The molecule has 0 spiro atoms. The number of carbonyl (C=O) groups is 2. The molecule has 2 heterocycles. The predicted octanol–water partition coefficient (Wildman–Crippen LogP) is -2.79. The number of aryl methyl sites for hydroxylation is 2. The molecule has 0 atom stereocenters. The summed E-state index contributed by atoms with van der Waals surface area (Å²) in [5, 5.41) is 21.9. The zero-order valence-corrected chi connectivity index (χ0v) is 12.1. The van der Waals surface area contributed by atoms with Crippen LogP contribution in [0.25, 0.3) is 10.2 Å². The van der Waals surface area contributed by atoms with Gasteiger partial charge >= 0.3 is 5.69 Å². The second-order valence-electron chi connectivity index (χ2n) is 5.04. The van der Waals surface area contributed by atoms with Crippen LogP contribution >= 0.6 is 11.3 Å². The lowest BCUT2D eigenvalue weighted by Crippen LogP contribution is -2.45. The van der Waals surface area contributed by atoms with Gasteiger partial charge in [-0.1, -0.05) is 0 Å². The molecular formula is C13H10N2O6S-2. The molecule has 22 heavy (non-hydrogen) atoms. The van der Waals surface area contributed by atoms with Crippen LogP contribution < -0.4 is 21.5 Å². The summed E-state index contributed by atoms with van der Waals surface area (Å²) in [5.41, 5.74) is -0.909. The maximum atomic E-state index is 12.4. The SMILES string of the molecule is O=C([O-])Cn1c(=O)c2c3c(sc2n(CC(=O)[O-])c1=O)CCC3. The van der Waals surface area contributed by atoms with Crippen LogP contribution in [0.15, 0.2) is 9.59 Å². The fourth-order valence-corrected chi connectivity index (χ4v) is 4.16. The topological polar surface area (TPSA) is 124 Å². The summed E-state index contributed by atoms with van der Waals surface area (Å²) in [6.07, 6.45) is 2.28. The average Bonchev–Trinajstić information content (AvgIpc) is 2.99. The van der Waals surface area contributed by atoms with Crippen molar-refractivity contribution in [1.29, 1.82) is 0 Å². The molecule has 2 aromatic rings. The number of thiophene rings is 1. The van der Waals surface area contributed by atoms with E-state index in [9.17, 15) is 29.4 Å². The Hall–Kier alpha value is -2.42. The monoisotopic (exact) mass is 322 g/mol. The third kappa shape index (κ3) is 2.13. The van der Waals surface area contributed by atoms with Crippen LogP contribution in [-0.4, -0.2) is 21.1 Å². The lowest BCUT2D eigenvalue weighted by molar-refractivity contribution is -0.307. The molecule has 0 aliphatic heterocycles. The zero-order chi connectivity index (χ0) is 16.0. The van der Waals surface area contributed by atoms with Gasteiger partial charge in [0.1, 0.15) is 4.83 Å². The molecule has 0 radical (unpaired) electrons. The normalized spacial score (nSPS) is 13.5. The van der Waals surface area contributed by atoms with Crippen molar-refractivity contribution in [1.82, 2.24) is 9.13 Å². The number of rotatable bonds is 4. The van der Waals surface area contributed by atoms with E-state index in [-0.39, 0.29) is 10.2 Å². The molecular weight excluding hydrogens is 312 g/mol. The van der Waals surface area contributed by atoms with E-state index < -0.39 is 36.3 Å². The quantitative estimate of drug-likeness (QED) is 0.599. The molecule has 1 aliphatic rings. The number of carbonyl (C=O) groups excluding carboxylic acids is 2. The lowest BCUT2D eigenvalue weighted by Gasteiger charge is -2.13. The highest BCUT2D eigenvalue weighted by Gasteiger charge is 2.24. The molecule has 9 heteroatoms. The molecule has 0 saturated heterocycles. The maximum Gasteiger partial charge on any atom is 0.332 e. The standard InChI is InChI=1S/C13H12N2O6S/c16-8(17)4-14-11(20)10-6-2-1-3-7(6)22-12(10)15(13(14)21)5-9(18)19/h1-5H2,(H,16,17)(H,18,19)/p-2. The Kier molecular flexibility index (Phi) is 3.36. The highest BCUT2D eigenvalue weighted by atomic mass is 32.1. The smallest absolute Gasteiger partial charge is 0.332 e. The number of nitrogens with zero attached hydrogens (tertiary/aromatic N) is 2. The van der Waals surface area contributed by atoms with Crippen LogP contribution in [0.2, 0.25) is 0 Å². The van der Waals surface area contributed by atoms with E-state index in [1.54, 1.807) is 0 Å². The van der Waals surface area contributed by atoms with Crippen LogP contribution in [0.3, 0.4) is 0 Å². The summed E-state index contributed by atoms with van der Waals surface area (Å²) >= 11 is 1.21. The van der Waals surface area contributed by atoms with Crippen molar-refractivity contribution in [2.24, 2.45) is 0 Å². The number of carboxylic acid groups (broad SMARTS) is 2. The van der Waals surface area contributed by atoms with Gasteiger partial charge in [0.25, 0.3) is 5.56 Å². The van der Waals surface area contributed by atoms with Gasteiger partial charge in [0.15, 0.2) is 0 Å². The minimum Gasteiger partial charge on any atom is -0.548 e. The number of hydrogen-bond acceptors (Lipinski definition) is 7. The molecule has 0 unspecified atom stereocenters. The van der Waals surface area contributed by atoms with Gasteiger partial charge in [0.05, 0.1) is 30.4 Å². The minimum atomic E-state index is -1.59. The fraction of sp³-hybridized carbons (Fsp3) is 0.385. The van der Waals surface area contributed by atoms with E-state index in [2.05, 4.69) is 0 Å². The first kappa shape index (κ1) is 14.5. The van der Waals surface area contributed by atoms with E-state index in [1.165, 1.54) is 11.3 Å². The van der Waals surface area contributed by atoms with Crippen molar-refractivity contribution in [3.63, 3.8) is 0 Å². The van der Waals surface area contributed by atoms with Gasteiger partial charge in [-0.15, -0.1) is 11.3 Å². The molecule has 0 bridgehead atoms. The second kappa shape index (κ2) is 5.09. The number of aliphatic carboxylic acids is 2. The van der Waals surface area contributed by atoms with E-state index in [0.29, 0.717) is 11.0 Å². The Balaban J connectivity index is 2.41. The van der Waals surface area contributed by atoms with Crippen LogP contribution in [-0.2, 0) is 35.5 Å². The van der Waals surface area contributed by atoms with Crippen molar-refractivity contribution in [2.75, 3.05) is 0 Å². The van der Waals surface area contributed by atoms with Crippen molar-refractivity contribution in [2.45, 2.75) is 32.4 Å². The predicted molar refractivity (Wildman–Crippen MR) is 72.4 cm³/mol. The van der Waals surface area contributed by atoms with Crippen LogP contribution in [0, 0.1) is 0 Å². The first-order chi connectivity index (χ1) is 10.4. The summed E-state index contributed by atoms with van der Waals surface area (Å²) < 4.78 is 1.39. The third-order valence-corrected chi connectivity index (χ3v) is 4.96. The lowest BCUT2D eigenvalue weighted by atomic mass is 10.2. The molecule has 8 nitrogen and oxygen atoms in total. The maximum absolute atomic E-state index is 12.4. The fourth-order valence-electron chi connectivity index (χ4n) is 2.79. The molecule has 0 fully saturated rings. The van der Waals surface area contributed by atoms with E-state index >= 15 is 0 Å². The van der Waals surface area contributed by atoms with E-state index in [1.807, 2.05) is 0 Å². The molecule has 0 saturated carbocycles. The summed E-state index contributed by atoms with van der Waals surface area (Å²) in [7, 11) is 0. The highest BCUT2D eigenvalue weighted by Crippen LogP contribution is 2.34. The van der Waals surface area contributed by atoms with Gasteiger partial charge in [-0.2, -0.15) is 0 Å². The second-order valence-corrected chi connectivity index (χ2v) is 6.13. The largest absolute Gasteiger partial charge is 0.548 e. The molecule has 1 aliphatic carbocycles. The van der Waals surface area contributed by atoms with Crippen molar-refractivity contribution in [3.8, 4) is 0 Å². The van der Waals surface area contributed by atoms with Gasteiger partial charge in [0, 0.05) is 4.88 Å². The first-order valence-corrected chi connectivity index (χ1v) is 7.39. The van der Waals surface area contributed by atoms with Crippen molar-refractivity contribution < 1.29 is 19.8 Å².